The van der Waals surface area contributed by atoms with Gasteiger partial charge in [-0.2, -0.15) is 0 Å². The highest BCUT2D eigenvalue weighted by molar-refractivity contribution is 5.81. The molecule has 0 aliphatic heterocycles. The molecule has 1 fully saturated rings. The van der Waals surface area contributed by atoms with E-state index in [9.17, 15) is 5.11 Å². The Kier molecular flexibility index (Phi) is 5.23. The molecular formula is C21H33NO. The van der Waals surface area contributed by atoms with Crippen molar-refractivity contribution in [3.05, 3.63) is 28.8 Å². The summed E-state index contributed by atoms with van der Waals surface area (Å²) in [7, 11) is 0. The van der Waals surface area contributed by atoms with Gasteiger partial charge in [0.1, 0.15) is 5.75 Å². The summed E-state index contributed by atoms with van der Waals surface area (Å²) in [6.07, 6.45) is 8.42. The molecule has 0 unspecified atom stereocenters. The maximum atomic E-state index is 10.8. The summed E-state index contributed by atoms with van der Waals surface area (Å²) in [5, 5.41) is 10.8. The summed E-state index contributed by atoms with van der Waals surface area (Å²) in [5.41, 5.74) is 2.96. The molecule has 1 aliphatic carbocycles. The molecule has 0 heterocycles. The van der Waals surface area contributed by atoms with Crippen molar-refractivity contribution in [3.8, 4) is 5.75 Å². The number of rotatable bonds is 2. The van der Waals surface area contributed by atoms with E-state index < -0.39 is 0 Å². The summed E-state index contributed by atoms with van der Waals surface area (Å²) in [6, 6.07) is 4.70. The van der Waals surface area contributed by atoms with Crippen LogP contribution in [0.3, 0.4) is 0 Å². The van der Waals surface area contributed by atoms with Crippen molar-refractivity contribution in [2.45, 2.75) is 90.5 Å². The molecule has 0 bridgehead atoms. The molecule has 0 atom stereocenters. The van der Waals surface area contributed by atoms with E-state index in [-0.39, 0.29) is 10.8 Å². The van der Waals surface area contributed by atoms with Crippen LogP contribution in [-0.2, 0) is 10.8 Å². The van der Waals surface area contributed by atoms with Crippen molar-refractivity contribution in [3.63, 3.8) is 0 Å². The van der Waals surface area contributed by atoms with E-state index in [0.717, 1.165) is 16.7 Å². The van der Waals surface area contributed by atoms with Gasteiger partial charge >= 0.3 is 0 Å². The topological polar surface area (TPSA) is 32.6 Å². The third-order valence-corrected chi connectivity index (χ3v) is 4.76. The normalized spacial score (nSPS) is 17.8. The van der Waals surface area contributed by atoms with Crippen LogP contribution in [0.2, 0.25) is 0 Å². The number of aliphatic imine (C=N–C) groups is 1. The Morgan fingerprint density at radius 1 is 0.913 bits per heavy atom. The fourth-order valence-corrected chi connectivity index (χ4v) is 3.30. The molecule has 2 heteroatoms. The third kappa shape index (κ3) is 4.59. The minimum Gasteiger partial charge on any atom is -0.507 e. The zero-order chi connectivity index (χ0) is 17.3. The van der Waals surface area contributed by atoms with Gasteiger partial charge in [0.05, 0.1) is 0 Å². The van der Waals surface area contributed by atoms with Gasteiger partial charge in [0.25, 0.3) is 0 Å². The summed E-state index contributed by atoms with van der Waals surface area (Å²) in [4.78, 5) is 4.82. The molecule has 1 saturated carbocycles. The van der Waals surface area contributed by atoms with E-state index in [0.29, 0.717) is 11.8 Å². The molecule has 0 aromatic heterocycles. The summed E-state index contributed by atoms with van der Waals surface area (Å²) in [5.74, 6) is 0.444. The van der Waals surface area contributed by atoms with Crippen molar-refractivity contribution < 1.29 is 5.11 Å². The van der Waals surface area contributed by atoms with Crippen molar-refractivity contribution in [1.29, 1.82) is 0 Å². The fourth-order valence-electron chi connectivity index (χ4n) is 3.30. The predicted octanol–water partition coefficient (Wildman–Crippen LogP) is 5.74. The molecule has 1 aliphatic rings. The van der Waals surface area contributed by atoms with Gasteiger partial charge in [-0.05, 0) is 41.4 Å². The Balaban J connectivity index is 2.41. The average molecular weight is 316 g/mol. The fraction of sp³-hybridized carbons (Fsp3) is 0.667. The Hall–Kier alpha value is -1.31. The maximum absolute atomic E-state index is 10.8. The lowest BCUT2D eigenvalue weighted by molar-refractivity contribution is 0.423. The van der Waals surface area contributed by atoms with Gasteiger partial charge in [-0.25, -0.2) is 0 Å². The minimum atomic E-state index is -0.0846. The van der Waals surface area contributed by atoms with E-state index in [2.05, 4.69) is 53.7 Å². The van der Waals surface area contributed by atoms with Gasteiger partial charge in [-0.3, -0.25) is 4.99 Å². The van der Waals surface area contributed by atoms with E-state index in [1.165, 1.54) is 32.1 Å². The lowest BCUT2D eigenvalue weighted by Crippen LogP contribution is -2.18. The lowest BCUT2D eigenvalue weighted by atomic mass is 9.78. The van der Waals surface area contributed by atoms with E-state index >= 15 is 0 Å². The van der Waals surface area contributed by atoms with Crippen molar-refractivity contribution >= 4 is 6.21 Å². The number of aromatic hydroxyl groups is 1. The van der Waals surface area contributed by atoms with Crippen molar-refractivity contribution in [2.24, 2.45) is 4.99 Å². The highest BCUT2D eigenvalue weighted by Crippen LogP contribution is 2.39. The van der Waals surface area contributed by atoms with Crippen LogP contribution in [-0.4, -0.2) is 17.4 Å². The molecule has 0 radical (unpaired) electrons. The standard InChI is InChI=1S/C21H33NO/c1-20(2,3)17-12-15(13-18(19(17)23)21(4,5)6)14-22-16-10-8-7-9-11-16/h12-14,16,23H,7-11H2,1-6H3. The molecule has 23 heavy (non-hydrogen) atoms. The summed E-state index contributed by atoms with van der Waals surface area (Å²) >= 11 is 0. The van der Waals surface area contributed by atoms with Gasteiger partial charge in [0.2, 0.25) is 0 Å². The molecule has 1 N–H and O–H groups in total. The molecule has 0 spiro atoms. The van der Waals surface area contributed by atoms with Crippen molar-refractivity contribution in [1.82, 2.24) is 0 Å². The Labute approximate surface area is 142 Å². The zero-order valence-corrected chi connectivity index (χ0v) is 15.7. The first-order valence-corrected chi connectivity index (χ1v) is 9.00. The quantitative estimate of drug-likeness (QED) is 0.694. The van der Waals surface area contributed by atoms with Gasteiger partial charge in [0, 0.05) is 23.4 Å². The second kappa shape index (κ2) is 6.67. The minimum absolute atomic E-state index is 0.0846. The van der Waals surface area contributed by atoms with Crippen LogP contribution in [0, 0.1) is 0 Å². The predicted molar refractivity (Wildman–Crippen MR) is 100.0 cm³/mol. The Bertz CT molecular complexity index is 531. The smallest absolute Gasteiger partial charge is 0.123 e. The molecule has 1 aromatic carbocycles. The molecular weight excluding hydrogens is 282 g/mol. The number of phenols is 1. The number of benzene rings is 1. The second-order valence-corrected chi connectivity index (χ2v) is 9.03. The van der Waals surface area contributed by atoms with Gasteiger partial charge in [0.15, 0.2) is 0 Å². The molecule has 0 amide bonds. The first-order valence-electron chi connectivity index (χ1n) is 9.00. The lowest BCUT2D eigenvalue weighted by Gasteiger charge is -2.28. The van der Waals surface area contributed by atoms with Gasteiger partial charge < -0.3 is 5.11 Å². The van der Waals surface area contributed by atoms with E-state index in [1.807, 2.05) is 6.21 Å². The van der Waals surface area contributed by atoms with Crippen LogP contribution >= 0.6 is 0 Å². The van der Waals surface area contributed by atoms with E-state index in [1.54, 1.807) is 0 Å². The molecule has 1 aromatic rings. The number of phenolic OH excluding ortho intramolecular Hbond substituents is 1. The molecule has 128 valence electrons. The summed E-state index contributed by atoms with van der Waals surface area (Å²) in [6.45, 7) is 12.9. The number of hydrogen-bond acceptors (Lipinski definition) is 2. The van der Waals surface area contributed by atoms with Crippen LogP contribution in [0.5, 0.6) is 5.75 Å². The number of nitrogens with zero attached hydrogens (tertiary/aromatic N) is 1. The SMILES string of the molecule is CC(C)(C)c1cc(C=NC2CCCCC2)cc(C(C)(C)C)c1O. The number of hydrogen-bond donors (Lipinski definition) is 1. The summed E-state index contributed by atoms with van der Waals surface area (Å²) < 4.78 is 0. The highest BCUT2D eigenvalue weighted by Gasteiger charge is 2.26. The highest BCUT2D eigenvalue weighted by atomic mass is 16.3. The molecule has 2 nitrogen and oxygen atoms in total. The largest absolute Gasteiger partial charge is 0.507 e. The third-order valence-electron chi connectivity index (χ3n) is 4.76. The first-order chi connectivity index (χ1) is 10.6. The van der Waals surface area contributed by atoms with Crippen LogP contribution in [0.4, 0.5) is 0 Å². The Morgan fingerprint density at radius 3 is 1.83 bits per heavy atom. The van der Waals surface area contributed by atoms with Crippen LogP contribution in [0.25, 0.3) is 0 Å². The van der Waals surface area contributed by atoms with Crippen LogP contribution in [0.1, 0.15) is 90.3 Å². The van der Waals surface area contributed by atoms with Crippen LogP contribution < -0.4 is 0 Å². The first kappa shape index (κ1) is 18.0. The maximum Gasteiger partial charge on any atom is 0.123 e. The molecule has 0 saturated heterocycles. The second-order valence-electron chi connectivity index (χ2n) is 9.03. The monoisotopic (exact) mass is 315 g/mol. The van der Waals surface area contributed by atoms with Gasteiger partial charge in [-0.1, -0.05) is 60.8 Å². The van der Waals surface area contributed by atoms with Crippen LogP contribution in [0.15, 0.2) is 17.1 Å². The van der Waals surface area contributed by atoms with Crippen molar-refractivity contribution in [2.75, 3.05) is 0 Å². The zero-order valence-electron chi connectivity index (χ0n) is 15.7. The van der Waals surface area contributed by atoms with E-state index in [4.69, 9.17) is 4.99 Å². The van der Waals surface area contributed by atoms with Gasteiger partial charge in [-0.15, -0.1) is 0 Å². The molecule has 2 rings (SSSR count). The average Bonchev–Trinajstić information content (AvgIpc) is 2.44. The Morgan fingerprint density at radius 2 is 1.39 bits per heavy atom.